The van der Waals surface area contributed by atoms with Gasteiger partial charge in [-0.15, -0.1) is 0 Å². The van der Waals surface area contributed by atoms with E-state index in [0.717, 1.165) is 0 Å². The molecule has 18 heteroatoms. The van der Waals surface area contributed by atoms with E-state index in [1.54, 1.807) is 24.3 Å². The van der Waals surface area contributed by atoms with Gasteiger partial charge in [0.05, 0.1) is 50.0 Å². The third-order valence-corrected chi connectivity index (χ3v) is 1.80. The van der Waals surface area contributed by atoms with E-state index < -0.39 is 23.9 Å². The van der Waals surface area contributed by atoms with Crippen molar-refractivity contribution in [2.24, 2.45) is 0 Å². The van der Waals surface area contributed by atoms with Crippen molar-refractivity contribution in [2.75, 3.05) is 0 Å². The summed E-state index contributed by atoms with van der Waals surface area (Å²) in [6, 6.07) is 6.87. The summed E-state index contributed by atoms with van der Waals surface area (Å²) in [7, 11) is 0. The summed E-state index contributed by atoms with van der Waals surface area (Å²) in [6.07, 6.45) is 0.245. The summed E-state index contributed by atoms with van der Waals surface area (Å²) in [5.41, 5.74) is 0. The maximum absolute atomic E-state index is 9.61. The van der Waals surface area contributed by atoms with Crippen LogP contribution in [0.2, 0.25) is 0 Å². The fourth-order valence-electron chi connectivity index (χ4n) is 0.651. The van der Waals surface area contributed by atoms with E-state index >= 15 is 0 Å². The Kier molecular flexibility index (Phi) is 115. The molecular weight excluding hydrogens is 514 g/mol. The van der Waals surface area contributed by atoms with Gasteiger partial charge in [-0.05, 0) is 0 Å². The predicted octanol–water partition coefficient (Wildman–Crippen LogP) is -2.39. The summed E-state index contributed by atoms with van der Waals surface area (Å²) >= 11 is 0. The molecule has 0 aromatic heterocycles. The zero-order chi connectivity index (χ0) is 22.8. The van der Waals surface area contributed by atoms with Crippen LogP contribution in [-0.4, -0.2) is 222 Å². The Morgan fingerprint density at radius 3 is 0.559 bits per heavy atom. The molecule has 0 amide bonds. The van der Waals surface area contributed by atoms with Crippen LogP contribution in [0.25, 0.3) is 0 Å². The van der Waals surface area contributed by atoms with Gasteiger partial charge in [0.25, 0.3) is 0 Å². The summed E-state index contributed by atoms with van der Waals surface area (Å²) in [5.74, 6) is -3.66. The quantitative estimate of drug-likeness (QED) is 0.236. The molecule has 0 aromatic carbocycles. The van der Waals surface area contributed by atoms with Crippen LogP contribution in [0.5, 0.6) is 0 Å². The van der Waals surface area contributed by atoms with E-state index in [-0.39, 0.29) is 229 Å². The fourth-order valence-corrected chi connectivity index (χ4v) is 0.651. The molecule has 0 fully saturated rings. The number of aliphatic carboxylic acids is 4. The fraction of sp³-hybridized carbons (Fsp3) is 0.500. The zero-order valence-corrected chi connectivity index (χ0v) is 14.9. The molecule has 0 aliphatic carbocycles. The van der Waals surface area contributed by atoms with Crippen LogP contribution in [0, 0.1) is 45.3 Å². The number of hydrogen-bond acceptors (Lipinski definition) is 8. The van der Waals surface area contributed by atoms with Gasteiger partial charge in [0.15, 0.2) is 0 Å². The summed E-state index contributed by atoms with van der Waals surface area (Å²) < 4.78 is 0. The van der Waals surface area contributed by atoms with E-state index in [0.29, 0.717) is 0 Å². The van der Waals surface area contributed by atoms with Crippen LogP contribution in [0.4, 0.5) is 0 Å². The third kappa shape index (κ3) is 115. The molecule has 0 saturated heterocycles. The Morgan fingerprint density at radius 2 is 0.529 bits per heavy atom. The average molecular weight is 540 g/mol. The summed E-state index contributed by atoms with van der Waals surface area (Å²) in [6.45, 7) is 0. The van der Waals surface area contributed by atoms with Gasteiger partial charge >= 0.3 is 201 Å². The number of carbonyl (C=O) groups is 4. The molecule has 164 valence electrons. The first-order valence-electron chi connectivity index (χ1n) is 7.43. The second-order valence-electron chi connectivity index (χ2n) is 4.21. The van der Waals surface area contributed by atoms with E-state index in [1.807, 2.05) is 0 Å². The van der Waals surface area contributed by atoms with Crippen LogP contribution >= 0.6 is 0 Å². The van der Waals surface area contributed by atoms with Crippen molar-refractivity contribution >= 4 is 201 Å². The van der Waals surface area contributed by atoms with Gasteiger partial charge in [0, 0.05) is 25.7 Å². The molecule has 0 spiro atoms. The number of carboxylic acid groups (broad SMARTS) is 4. The predicted molar refractivity (Wildman–Crippen MR) is 133 cm³/mol. The van der Waals surface area contributed by atoms with Crippen LogP contribution < -0.4 is 0 Å². The second-order valence-corrected chi connectivity index (χ2v) is 4.21. The van der Waals surface area contributed by atoms with E-state index in [4.69, 9.17) is 41.5 Å². The summed E-state index contributed by atoms with van der Waals surface area (Å²) in [4.78, 5) is 38.4. The van der Waals surface area contributed by atoms with Gasteiger partial charge in [-0.2, -0.15) is 21.0 Å². The standard InChI is InChI=1S/4C4H5NO2.6Na.6H/c4*5-3-1-2-4(6)7;;;;;;;;;;;;/h4*1-2H2,(H,6,7);;;;;;;;;;;;. The molecule has 0 aliphatic heterocycles. The molecule has 0 aromatic rings. The normalized spacial score (nSPS) is 6.00. The van der Waals surface area contributed by atoms with Gasteiger partial charge in [0.2, 0.25) is 0 Å². The molecule has 0 atom stereocenters. The van der Waals surface area contributed by atoms with Gasteiger partial charge in [-0.3, -0.25) is 19.2 Å². The Labute approximate surface area is 331 Å². The Bertz CT molecular complexity index is 546. The zero-order valence-electron chi connectivity index (χ0n) is 14.9. The van der Waals surface area contributed by atoms with Crippen LogP contribution in [0.1, 0.15) is 51.4 Å². The molecule has 0 radical (unpaired) electrons. The third-order valence-electron chi connectivity index (χ3n) is 1.80. The monoisotopic (exact) mass is 540 g/mol. The molecule has 4 N–H and O–H groups in total. The maximum atomic E-state index is 9.61. The topological polar surface area (TPSA) is 244 Å². The van der Waals surface area contributed by atoms with Crippen molar-refractivity contribution in [3.63, 3.8) is 0 Å². The Morgan fingerprint density at radius 1 is 0.412 bits per heavy atom. The number of nitrogens with zero attached hydrogens (tertiary/aromatic N) is 4. The Balaban J connectivity index is -0.0000000267. The Hall–Kier alpha value is 1.84. The van der Waals surface area contributed by atoms with Crippen molar-refractivity contribution < 1.29 is 39.6 Å². The SMILES string of the molecule is N#CCCC(=O)O.N#CCCC(=O)O.N#CCCC(=O)O.N#CCCC(=O)O.[NaH].[NaH].[NaH].[NaH].[NaH].[NaH]. The molecule has 0 bridgehead atoms. The molecule has 0 aliphatic rings. The van der Waals surface area contributed by atoms with Crippen molar-refractivity contribution in [3.8, 4) is 24.3 Å². The van der Waals surface area contributed by atoms with Crippen LogP contribution in [0.15, 0.2) is 0 Å². The molecule has 34 heavy (non-hydrogen) atoms. The van der Waals surface area contributed by atoms with Crippen molar-refractivity contribution in [1.82, 2.24) is 0 Å². The van der Waals surface area contributed by atoms with Crippen molar-refractivity contribution in [3.05, 3.63) is 0 Å². The van der Waals surface area contributed by atoms with Gasteiger partial charge in [0.1, 0.15) is 0 Å². The number of carboxylic acids is 4. The van der Waals surface area contributed by atoms with Gasteiger partial charge in [-0.1, -0.05) is 0 Å². The molecule has 0 saturated carbocycles. The summed E-state index contributed by atoms with van der Waals surface area (Å²) in [5, 5.41) is 62.8. The average Bonchev–Trinajstić information content (AvgIpc) is 2.62. The van der Waals surface area contributed by atoms with Crippen molar-refractivity contribution in [2.45, 2.75) is 51.4 Å². The molecule has 0 heterocycles. The molecular formula is C16H26N4Na6O8. The molecule has 0 rings (SSSR count). The van der Waals surface area contributed by atoms with Crippen LogP contribution in [0.3, 0.4) is 0 Å². The van der Waals surface area contributed by atoms with Gasteiger partial charge in [-0.25, -0.2) is 0 Å². The second kappa shape index (κ2) is 59.8. The van der Waals surface area contributed by atoms with Gasteiger partial charge < -0.3 is 20.4 Å². The number of rotatable bonds is 8. The van der Waals surface area contributed by atoms with E-state index in [1.165, 1.54) is 0 Å². The first kappa shape index (κ1) is 65.2. The minimum atomic E-state index is -0.915. The number of hydrogen-bond donors (Lipinski definition) is 4. The minimum absolute atomic E-state index is 0. The van der Waals surface area contributed by atoms with E-state index in [9.17, 15) is 19.2 Å². The molecule has 12 nitrogen and oxygen atoms in total. The molecule has 0 unspecified atom stereocenters. The van der Waals surface area contributed by atoms with Crippen molar-refractivity contribution in [1.29, 1.82) is 21.0 Å². The van der Waals surface area contributed by atoms with E-state index in [2.05, 4.69) is 0 Å². The van der Waals surface area contributed by atoms with Crippen LogP contribution in [-0.2, 0) is 19.2 Å². The first-order chi connectivity index (χ1) is 13.1. The number of nitriles is 4. The first-order valence-corrected chi connectivity index (χ1v) is 7.43.